The highest BCUT2D eigenvalue weighted by atomic mass is 32.2. The van der Waals surface area contributed by atoms with E-state index in [1.807, 2.05) is 0 Å². The van der Waals surface area contributed by atoms with Gasteiger partial charge in [-0.15, -0.1) is 0 Å². The molecule has 0 radical (unpaired) electrons. The molecule has 0 bridgehead atoms. The van der Waals surface area contributed by atoms with Gasteiger partial charge in [-0.3, -0.25) is 5.10 Å². The van der Waals surface area contributed by atoms with Crippen molar-refractivity contribution in [1.82, 2.24) is 14.5 Å². The summed E-state index contributed by atoms with van der Waals surface area (Å²) in [5.41, 5.74) is 0.0802. The number of aromatic nitrogens is 2. The van der Waals surface area contributed by atoms with E-state index >= 15 is 0 Å². The van der Waals surface area contributed by atoms with Crippen LogP contribution in [0.25, 0.3) is 0 Å². The predicted molar refractivity (Wildman–Crippen MR) is 55.7 cm³/mol. The van der Waals surface area contributed by atoms with Crippen LogP contribution in [0, 0.1) is 5.41 Å². The zero-order chi connectivity index (χ0) is 11.1. The fourth-order valence-corrected chi connectivity index (χ4v) is 3.33. The maximum Gasteiger partial charge on any atom is 0.246 e. The van der Waals surface area contributed by atoms with Gasteiger partial charge in [0.05, 0.1) is 6.20 Å². The normalized spacial score (nSPS) is 22.0. The minimum absolute atomic E-state index is 0.0802. The van der Waals surface area contributed by atoms with Gasteiger partial charge in [0.1, 0.15) is 4.90 Å². The van der Waals surface area contributed by atoms with Crippen molar-refractivity contribution < 1.29 is 8.42 Å². The monoisotopic (exact) mass is 229 g/mol. The molecule has 0 aliphatic carbocycles. The van der Waals surface area contributed by atoms with E-state index in [9.17, 15) is 8.42 Å². The summed E-state index contributed by atoms with van der Waals surface area (Å²) in [6.45, 7) is 5.34. The molecule has 1 N–H and O–H groups in total. The van der Waals surface area contributed by atoms with Crippen LogP contribution in [0.15, 0.2) is 17.3 Å². The number of nitrogens with one attached hydrogen (secondary N) is 1. The van der Waals surface area contributed by atoms with Crippen molar-refractivity contribution in [3.63, 3.8) is 0 Å². The number of nitrogens with zero attached hydrogens (tertiary/aromatic N) is 2. The molecule has 0 saturated carbocycles. The number of H-pyrrole nitrogens is 1. The van der Waals surface area contributed by atoms with Gasteiger partial charge in [-0.25, -0.2) is 8.42 Å². The Labute approximate surface area is 89.5 Å². The second kappa shape index (κ2) is 3.31. The lowest BCUT2D eigenvalue weighted by Crippen LogP contribution is -2.30. The van der Waals surface area contributed by atoms with Crippen molar-refractivity contribution in [1.29, 1.82) is 0 Å². The van der Waals surface area contributed by atoms with Crippen LogP contribution in [0.3, 0.4) is 0 Å². The summed E-state index contributed by atoms with van der Waals surface area (Å²) in [6.07, 6.45) is 3.67. The molecule has 1 aromatic rings. The third-order valence-electron chi connectivity index (χ3n) is 2.75. The van der Waals surface area contributed by atoms with Crippen LogP contribution in [-0.4, -0.2) is 36.0 Å². The number of hydrogen-bond donors (Lipinski definition) is 1. The number of sulfonamides is 1. The van der Waals surface area contributed by atoms with Gasteiger partial charge < -0.3 is 0 Å². The summed E-state index contributed by atoms with van der Waals surface area (Å²) in [6, 6.07) is 0. The molecule has 0 amide bonds. The maximum absolute atomic E-state index is 12.0. The van der Waals surface area contributed by atoms with Gasteiger partial charge in [0.25, 0.3) is 0 Å². The van der Waals surface area contributed by atoms with E-state index < -0.39 is 10.0 Å². The van der Waals surface area contributed by atoms with E-state index in [1.54, 1.807) is 0 Å². The molecule has 1 saturated heterocycles. The fourth-order valence-electron chi connectivity index (χ4n) is 1.80. The largest absolute Gasteiger partial charge is 0.284 e. The van der Waals surface area contributed by atoms with Gasteiger partial charge in [-0.2, -0.15) is 9.40 Å². The Morgan fingerprint density at radius 3 is 2.73 bits per heavy atom. The van der Waals surface area contributed by atoms with Gasteiger partial charge in [0.2, 0.25) is 10.0 Å². The molecule has 0 spiro atoms. The highest BCUT2D eigenvalue weighted by Crippen LogP contribution is 2.32. The molecule has 1 aliphatic heterocycles. The molecule has 1 aromatic heterocycles. The van der Waals surface area contributed by atoms with E-state index in [1.165, 1.54) is 16.7 Å². The highest BCUT2D eigenvalue weighted by Gasteiger charge is 2.37. The lowest BCUT2D eigenvalue weighted by molar-refractivity contribution is 0.375. The van der Waals surface area contributed by atoms with Crippen LogP contribution >= 0.6 is 0 Å². The van der Waals surface area contributed by atoms with Gasteiger partial charge in [-0.05, 0) is 11.8 Å². The second-order valence-electron chi connectivity index (χ2n) is 4.69. The molecule has 0 unspecified atom stereocenters. The van der Waals surface area contributed by atoms with Crippen molar-refractivity contribution in [2.24, 2.45) is 5.41 Å². The Balaban J connectivity index is 2.26. The summed E-state index contributed by atoms with van der Waals surface area (Å²) in [7, 11) is -3.33. The fraction of sp³-hybridized carbons (Fsp3) is 0.667. The SMILES string of the molecule is CC1(C)CCN(S(=O)(=O)c2cn[nH]c2)C1. The van der Waals surface area contributed by atoms with Gasteiger partial charge >= 0.3 is 0 Å². The molecule has 1 aliphatic rings. The van der Waals surface area contributed by atoms with Crippen molar-refractivity contribution in [3.05, 3.63) is 12.4 Å². The molecule has 1 fully saturated rings. The van der Waals surface area contributed by atoms with Crippen molar-refractivity contribution in [2.45, 2.75) is 25.2 Å². The number of rotatable bonds is 2. The van der Waals surface area contributed by atoms with Crippen LogP contribution in [-0.2, 0) is 10.0 Å². The van der Waals surface area contributed by atoms with Crippen LogP contribution in [0.5, 0.6) is 0 Å². The summed E-state index contributed by atoms with van der Waals surface area (Å²) < 4.78 is 25.6. The Bertz CT molecular complexity index is 436. The molecule has 0 aromatic carbocycles. The van der Waals surface area contributed by atoms with Crippen molar-refractivity contribution in [2.75, 3.05) is 13.1 Å². The van der Waals surface area contributed by atoms with Crippen molar-refractivity contribution >= 4 is 10.0 Å². The van der Waals surface area contributed by atoms with E-state index in [0.29, 0.717) is 13.1 Å². The third-order valence-corrected chi connectivity index (χ3v) is 4.56. The minimum atomic E-state index is -3.33. The van der Waals surface area contributed by atoms with Gasteiger partial charge in [0.15, 0.2) is 0 Å². The topological polar surface area (TPSA) is 66.1 Å². The van der Waals surface area contributed by atoms with E-state index in [-0.39, 0.29) is 10.3 Å². The van der Waals surface area contributed by atoms with E-state index in [4.69, 9.17) is 0 Å². The van der Waals surface area contributed by atoms with Crippen LogP contribution < -0.4 is 0 Å². The third kappa shape index (κ3) is 1.91. The number of hydrogen-bond acceptors (Lipinski definition) is 3. The highest BCUT2D eigenvalue weighted by molar-refractivity contribution is 7.89. The first kappa shape index (κ1) is 10.6. The molecule has 5 nitrogen and oxygen atoms in total. The summed E-state index contributed by atoms with van der Waals surface area (Å²) >= 11 is 0. The molecule has 2 heterocycles. The van der Waals surface area contributed by atoms with Crippen molar-refractivity contribution in [3.8, 4) is 0 Å². The second-order valence-corrected chi connectivity index (χ2v) is 6.62. The van der Waals surface area contributed by atoms with Crippen LogP contribution in [0.2, 0.25) is 0 Å². The molecule has 0 atom stereocenters. The summed E-state index contributed by atoms with van der Waals surface area (Å²) in [4.78, 5) is 0.250. The van der Waals surface area contributed by atoms with E-state index in [0.717, 1.165) is 6.42 Å². The Morgan fingerprint density at radius 2 is 2.27 bits per heavy atom. The minimum Gasteiger partial charge on any atom is -0.284 e. The average molecular weight is 229 g/mol. The first-order valence-electron chi connectivity index (χ1n) is 4.91. The molecule has 84 valence electrons. The maximum atomic E-state index is 12.0. The lowest BCUT2D eigenvalue weighted by atomic mass is 9.93. The van der Waals surface area contributed by atoms with Gasteiger partial charge in [0, 0.05) is 19.3 Å². The summed E-state index contributed by atoms with van der Waals surface area (Å²) in [5, 5.41) is 6.19. The molecule has 6 heteroatoms. The zero-order valence-electron chi connectivity index (χ0n) is 8.90. The molecule has 15 heavy (non-hydrogen) atoms. The zero-order valence-corrected chi connectivity index (χ0v) is 9.71. The van der Waals surface area contributed by atoms with E-state index in [2.05, 4.69) is 24.0 Å². The predicted octanol–water partition coefficient (Wildman–Crippen LogP) is 0.830. The Hall–Kier alpha value is -0.880. The lowest BCUT2D eigenvalue weighted by Gasteiger charge is -2.18. The standard InChI is InChI=1S/C9H15N3O2S/c1-9(2)3-4-12(7-9)15(13,14)8-5-10-11-6-8/h5-6H,3-4,7H2,1-2H3,(H,10,11). The average Bonchev–Trinajstić information content (AvgIpc) is 2.72. The van der Waals surface area contributed by atoms with Crippen LogP contribution in [0.4, 0.5) is 0 Å². The molecule has 2 rings (SSSR count). The Kier molecular flexibility index (Phi) is 2.35. The Morgan fingerprint density at radius 1 is 1.53 bits per heavy atom. The molecular formula is C9H15N3O2S. The van der Waals surface area contributed by atoms with Gasteiger partial charge in [-0.1, -0.05) is 13.8 Å². The summed E-state index contributed by atoms with van der Waals surface area (Å²) in [5.74, 6) is 0. The number of aromatic amines is 1. The first-order chi connectivity index (χ1) is 6.92. The molecular weight excluding hydrogens is 214 g/mol. The smallest absolute Gasteiger partial charge is 0.246 e. The first-order valence-corrected chi connectivity index (χ1v) is 6.35. The van der Waals surface area contributed by atoms with Crippen LogP contribution in [0.1, 0.15) is 20.3 Å². The quantitative estimate of drug-likeness (QED) is 0.817.